The molecule has 3 rings (SSSR count). The number of carbonyl (C=O) groups is 1. The Kier molecular flexibility index (Phi) is 5.12. The summed E-state index contributed by atoms with van der Waals surface area (Å²) in [4.78, 5) is 22.4. The van der Waals surface area contributed by atoms with Crippen molar-refractivity contribution in [3.05, 3.63) is 93.3 Å². The summed E-state index contributed by atoms with van der Waals surface area (Å²) in [6.07, 6.45) is 1.57. The number of nitro groups is 1. The van der Waals surface area contributed by atoms with E-state index < -0.39 is 10.8 Å². The molecule has 0 saturated carbocycles. The van der Waals surface area contributed by atoms with Crippen LogP contribution in [0.3, 0.4) is 0 Å². The number of para-hydroxylation sites is 1. The van der Waals surface area contributed by atoms with Crippen LogP contribution in [0.2, 0.25) is 0 Å². The van der Waals surface area contributed by atoms with Gasteiger partial charge in [-0.25, -0.2) is 5.43 Å². The quantitative estimate of drug-likeness (QED) is 0.426. The number of benzene rings is 2. The highest BCUT2D eigenvalue weighted by Gasteiger charge is 2.11. The van der Waals surface area contributed by atoms with E-state index in [0.717, 1.165) is 22.6 Å². The molecule has 0 unspecified atom stereocenters. The molecule has 27 heavy (non-hydrogen) atoms. The SMILES string of the molecule is Cc1cc(C=NNC(=O)c2cccc([N+](=O)[O-])c2)c(C)n1-c1ccccc1. The first-order valence-electron chi connectivity index (χ1n) is 8.29. The molecule has 1 aromatic heterocycles. The van der Waals surface area contributed by atoms with E-state index in [2.05, 4.69) is 15.1 Å². The van der Waals surface area contributed by atoms with Crippen molar-refractivity contribution in [1.82, 2.24) is 9.99 Å². The Labute approximate surface area is 156 Å². The van der Waals surface area contributed by atoms with E-state index in [1.165, 1.54) is 24.3 Å². The number of hydrogen-bond acceptors (Lipinski definition) is 4. The van der Waals surface area contributed by atoms with Crippen molar-refractivity contribution in [2.75, 3.05) is 0 Å². The lowest BCUT2D eigenvalue weighted by Crippen LogP contribution is -2.17. The van der Waals surface area contributed by atoms with Gasteiger partial charge in [0.15, 0.2) is 0 Å². The molecular formula is C20H18N4O3. The smallest absolute Gasteiger partial charge is 0.271 e. The van der Waals surface area contributed by atoms with E-state index in [1.807, 2.05) is 50.2 Å². The fraction of sp³-hybridized carbons (Fsp3) is 0.100. The summed E-state index contributed by atoms with van der Waals surface area (Å²) in [5, 5.41) is 14.8. The molecule has 1 N–H and O–H groups in total. The molecule has 3 aromatic rings. The molecule has 0 saturated heterocycles. The fourth-order valence-corrected chi connectivity index (χ4v) is 2.88. The highest BCUT2D eigenvalue weighted by atomic mass is 16.6. The Morgan fingerprint density at radius 2 is 1.85 bits per heavy atom. The third kappa shape index (κ3) is 3.92. The molecule has 1 amide bonds. The number of aryl methyl sites for hydroxylation is 1. The van der Waals surface area contributed by atoms with Crippen molar-refractivity contribution in [2.24, 2.45) is 5.10 Å². The van der Waals surface area contributed by atoms with Gasteiger partial charge in [0.05, 0.1) is 11.1 Å². The average Bonchev–Trinajstić information content (AvgIpc) is 2.96. The van der Waals surface area contributed by atoms with Gasteiger partial charge in [-0.05, 0) is 38.1 Å². The Morgan fingerprint density at radius 1 is 1.11 bits per heavy atom. The van der Waals surface area contributed by atoms with Crippen LogP contribution in [-0.4, -0.2) is 21.6 Å². The molecule has 7 heteroatoms. The van der Waals surface area contributed by atoms with Crippen LogP contribution < -0.4 is 5.43 Å². The van der Waals surface area contributed by atoms with Gasteiger partial charge in [-0.1, -0.05) is 24.3 Å². The van der Waals surface area contributed by atoms with Gasteiger partial charge in [0.2, 0.25) is 0 Å². The van der Waals surface area contributed by atoms with Crippen molar-refractivity contribution in [2.45, 2.75) is 13.8 Å². The Bertz CT molecular complexity index is 1020. The maximum atomic E-state index is 12.1. The van der Waals surface area contributed by atoms with Crippen molar-refractivity contribution >= 4 is 17.8 Å². The number of non-ortho nitro benzene ring substituents is 1. The number of amides is 1. The molecule has 0 spiro atoms. The van der Waals surface area contributed by atoms with Crippen LogP contribution in [0, 0.1) is 24.0 Å². The maximum absolute atomic E-state index is 12.1. The number of nitro benzene ring substituents is 1. The van der Waals surface area contributed by atoms with E-state index in [0.29, 0.717) is 0 Å². The van der Waals surface area contributed by atoms with Gasteiger partial charge >= 0.3 is 0 Å². The van der Waals surface area contributed by atoms with Gasteiger partial charge in [-0.2, -0.15) is 5.10 Å². The number of rotatable bonds is 5. The average molecular weight is 362 g/mol. The zero-order valence-electron chi connectivity index (χ0n) is 14.9. The molecule has 2 aromatic carbocycles. The maximum Gasteiger partial charge on any atom is 0.271 e. The van der Waals surface area contributed by atoms with Crippen LogP contribution in [0.5, 0.6) is 0 Å². The number of hydrazone groups is 1. The second kappa shape index (κ2) is 7.65. The standard InChI is InChI=1S/C20H18N4O3/c1-14-11-17(15(2)23(14)18-8-4-3-5-9-18)13-21-22-20(25)16-7-6-10-19(12-16)24(26)27/h3-13H,1-2H3,(H,22,25). The number of nitrogens with zero attached hydrogens (tertiary/aromatic N) is 3. The van der Waals surface area contributed by atoms with E-state index in [4.69, 9.17) is 0 Å². The zero-order chi connectivity index (χ0) is 19.4. The van der Waals surface area contributed by atoms with Crippen molar-refractivity contribution < 1.29 is 9.72 Å². The van der Waals surface area contributed by atoms with Gasteiger partial charge in [0, 0.05) is 40.3 Å². The summed E-state index contributed by atoms with van der Waals surface area (Å²) in [6.45, 7) is 3.97. The van der Waals surface area contributed by atoms with Gasteiger partial charge in [-0.15, -0.1) is 0 Å². The molecule has 0 radical (unpaired) electrons. The highest BCUT2D eigenvalue weighted by molar-refractivity contribution is 5.95. The molecule has 0 aliphatic heterocycles. The number of nitrogens with one attached hydrogen (secondary N) is 1. The van der Waals surface area contributed by atoms with E-state index in [1.54, 1.807) is 6.21 Å². The molecule has 7 nitrogen and oxygen atoms in total. The van der Waals surface area contributed by atoms with Crippen molar-refractivity contribution in [3.63, 3.8) is 0 Å². The summed E-state index contributed by atoms with van der Waals surface area (Å²) in [7, 11) is 0. The summed E-state index contributed by atoms with van der Waals surface area (Å²) in [6, 6.07) is 17.4. The first-order valence-corrected chi connectivity index (χ1v) is 8.29. The monoisotopic (exact) mass is 362 g/mol. The second-order valence-corrected chi connectivity index (χ2v) is 6.00. The lowest BCUT2D eigenvalue weighted by molar-refractivity contribution is -0.384. The number of carbonyl (C=O) groups excluding carboxylic acids is 1. The molecule has 0 aliphatic rings. The molecule has 1 heterocycles. The Morgan fingerprint density at radius 3 is 2.56 bits per heavy atom. The van der Waals surface area contributed by atoms with Crippen LogP contribution in [0.4, 0.5) is 5.69 Å². The minimum atomic E-state index is -0.543. The van der Waals surface area contributed by atoms with Crippen LogP contribution in [0.15, 0.2) is 65.8 Å². The van der Waals surface area contributed by atoms with E-state index in [-0.39, 0.29) is 11.3 Å². The van der Waals surface area contributed by atoms with Crippen LogP contribution in [0.1, 0.15) is 27.3 Å². The number of aromatic nitrogens is 1. The summed E-state index contributed by atoms with van der Waals surface area (Å²) < 4.78 is 2.10. The molecule has 0 bridgehead atoms. The predicted molar refractivity (Wildman–Crippen MR) is 103 cm³/mol. The van der Waals surface area contributed by atoms with Crippen LogP contribution in [0.25, 0.3) is 5.69 Å². The fourth-order valence-electron chi connectivity index (χ4n) is 2.88. The molecule has 0 fully saturated rings. The second-order valence-electron chi connectivity index (χ2n) is 6.00. The van der Waals surface area contributed by atoms with Crippen LogP contribution in [-0.2, 0) is 0 Å². The van der Waals surface area contributed by atoms with Gasteiger partial charge < -0.3 is 4.57 Å². The zero-order valence-corrected chi connectivity index (χ0v) is 14.9. The van der Waals surface area contributed by atoms with Gasteiger partial charge in [0.25, 0.3) is 11.6 Å². The van der Waals surface area contributed by atoms with Gasteiger partial charge in [0.1, 0.15) is 0 Å². The molecular weight excluding hydrogens is 344 g/mol. The lowest BCUT2D eigenvalue weighted by Gasteiger charge is -2.08. The Hall–Kier alpha value is -3.74. The molecule has 136 valence electrons. The third-order valence-electron chi connectivity index (χ3n) is 4.17. The Balaban J connectivity index is 1.76. The minimum Gasteiger partial charge on any atom is -0.318 e. The molecule has 0 aliphatic carbocycles. The van der Waals surface area contributed by atoms with Crippen LogP contribution >= 0.6 is 0 Å². The van der Waals surface area contributed by atoms with Gasteiger partial charge in [-0.3, -0.25) is 14.9 Å². The molecule has 0 atom stereocenters. The topological polar surface area (TPSA) is 89.5 Å². The number of hydrogen-bond donors (Lipinski definition) is 1. The normalized spacial score (nSPS) is 10.9. The van der Waals surface area contributed by atoms with Crippen molar-refractivity contribution in [3.8, 4) is 5.69 Å². The first kappa shape index (κ1) is 18.1. The van der Waals surface area contributed by atoms with E-state index in [9.17, 15) is 14.9 Å². The van der Waals surface area contributed by atoms with E-state index >= 15 is 0 Å². The largest absolute Gasteiger partial charge is 0.318 e. The predicted octanol–water partition coefficient (Wildman–Crippen LogP) is 3.77. The summed E-state index contributed by atoms with van der Waals surface area (Å²) >= 11 is 0. The van der Waals surface area contributed by atoms with Crippen molar-refractivity contribution in [1.29, 1.82) is 0 Å². The highest BCUT2D eigenvalue weighted by Crippen LogP contribution is 2.19. The first-order chi connectivity index (χ1) is 13.0. The minimum absolute atomic E-state index is 0.141. The summed E-state index contributed by atoms with van der Waals surface area (Å²) in [5.74, 6) is -0.508. The lowest BCUT2D eigenvalue weighted by atomic mass is 10.2. The summed E-state index contributed by atoms with van der Waals surface area (Å²) in [5.41, 5.74) is 6.40. The third-order valence-corrected chi connectivity index (χ3v) is 4.17.